The highest BCUT2D eigenvalue weighted by Gasteiger charge is 2.38. The third-order valence-corrected chi connectivity index (χ3v) is 7.67. The van der Waals surface area contributed by atoms with Gasteiger partial charge in [-0.15, -0.1) is 0 Å². The van der Waals surface area contributed by atoms with Gasteiger partial charge in [-0.05, 0) is 55.2 Å². The summed E-state index contributed by atoms with van der Waals surface area (Å²) in [7, 11) is 0. The molecule has 1 aliphatic heterocycles. The van der Waals surface area contributed by atoms with Crippen molar-refractivity contribution in [2.75, 3.05) is 19.7 Å². The fourth-order valence-corrected chi connectivity index (χ4v) is 5.06. The molecule has 3 amide bonds. The predicted molar refractivity (Wildman–Crippen MR) is 179 cm³/mol. The number of piperidine rings is 1. The van der Waals surface area contributed by atoms with Crippen LogP contribution in [0.1, 0.15) is 41.3 Å². The monoisotopic (exact) mass is 698 g/mol. The molecular weight excluding hydrogens is 657 g/mol. The molecule has 268 valence electrons. The molecule has 1 unspecified atom stereocenters. The van der Waals surface area contributed by atoms with Crippen molar-refractivity contribution in [3.8, 4) is 5.75 Å². The Morgan fingerprint density at radius 3 is 1.86 bits per heavy atom. The normalized spacial score (nSPS) is 14.2. The van der Waals surface area contributed by atoms with E-state index in [4.69, 9.17) is 25.8 Å². The van der Waals surface area contributed by atoms with Crippen molar-refractivity contribution in [1.29, 1.82) is 5.41 Å². The summed E-state index contributed by atoms with van der Waals surface area (Å²) in [5.74, 6) is -3.15. The summed E-state index contributed by atoms with van der Waals surface area (Å²) in [5, 5.41) is 23.7. The number of nitrogens with two attached hydrogens (primary N) is 1. The van der Waals surface area contributed by atoms with Crippen molar-refractivity contribution in [3.63, 3.8) is 0 Å². The number of ether oxygens (including phenoxy) is 1. The minimum Gasteiger partial charge on any atom is -0.494 e. The molecule has 1 heterocycles. The van der Waals surface area contributed by atoms with Gasteiger partial charge in [-0.3, -0.25) is 19.8 Å². The lowest BCUT2D eigenvalue weighted by molar-refractivity contribution is -0.192. The predicted octanol–water partition coefficient (Wildman–Crippen LogP) is 3.26. The Morgan fingerprint density at radius 2 is 1.36 bits per heavy atom. The third kappa shape index (κ3) is 12.8. The second kappa shape index (κ2) is 18.8. The molecule has 4 rings (SSSR count). The van der Waals surface area contributed by atoms with Crippen LogP contribution in [-0.2, 0) is 27.2 Å². The highest BCUT2D eigenvalue weighted by Crippen LogP contribution is 2.16. The molecule has 7 N–H and O–H groups in total. The number of nitrogens with one attached hydrogen (secondary N) is 4. The van der Waals surface area contributed by atoms with E-state index in [0.717, 1.165) is 11.1 Å². The first kappa shape index (κ1) is 38.8. The fraction of sp³-hybridized carbons (Fsp3) is 0.343. The first-order chi connectivity index (χ1) is 23.8. The molecule has 15 heteroatoms. The van der Waals surface area contributed by atoms with Gasteiger partial charge in [0.2, 0.25) is 11.8 Å². The standard InChI is InChI=1S/C33H40N6O4.C2HF3O2/c1-2-43-27-15-13-24(14-16-27)22-29(37-30(40)25-11-7-4-8-12-25)32(42)38-28(21-23-9-5-3-6-10-23)31(41)36-26-17-19-39(20-18-26)33(34)35;3-2(4,5)1(6)7/h3-16,26,28-29H,2,17-22H2,1H3,(H3,34,35)(H,36,41)(H,37,40)(H,38,42);(H,6,7)/t28-,29?;/m1./s1. The van der Waals surface area contributed by atoms with Crippen LogP contribution >= 0.6 is 0 Å². The maximum Gasteiger partial charge on any atom is 0.490 e. The van der Waals surface area contributed by atoms with Gasteiger partial charge in [0.25, 0.3) is 5.91 Å². The third-order valence-electron chi connectivity index (χ3n) is 7.67. The zero-order valence-corrected chi connectivity index (χ0v) is 27.4. The number of amides is 3. The quantitative estimate of drug-likeness (QED) is 0.123. The molecule has 1 fully saturated rings. The van der Waals surface area contributed by atoms with Crippen LogP contribution in [0.4, 0.5) is 13.2 Å². The molecule has 12 nitrogen and oxygen atoms in total. The van der Waals surface area contributed by atoms with Gasteiger partial charge in [0.05, 0.1) is 6.61 Å². The number of rotatable bonds is 12. The lowest BCUT2D eigenvalue weighted by Crippen LogP contribution is -2.57. The van der Waals surface area contributed by atoms with Crippen LogP contribution in [-0.4, -0.2) is 83.7 Å². The number of benzene rings is 3. The number of carbonyl (C=O) groups excluding carboxylic acids is 3. The average Bonchev–Trinajstić information content (AvgIpc) is 3.09. The molecule has 0 aromatic heterocycles. The number of guanidine groups is 1. The maximum atomic E-state index is 13.8. The van der Waals surface area contributed by atoms with E-state index in [0.29, 0.717) is 43.9 Å². The molecule has 0 spiro atoms. The van der Waals surface area contributed by atoms with E-state index in [1.54, 1.807) is 29.2 Å². The Bertz CT molecular complexity index is 1570. The van der Waals surface area contributed by atoms with Crippen molar-refractivity contribution in [1.82, 2.24) is 20.9 Å². The van der Waals surface area contributed by atoms with Crippen molar-refractivity contribution < 1.29 is 42.2 Å². The molecule has 3 aromatic rings. The second-order valence-electron chi connectivity index (χ2n) is 11.4. The molecule has 0 saturated carbocycles. The number of halogens is 3. The number of alkyl halides is 3. The molecule has 0 aliphatic carbocycles. The van der Waals surface area contributed by atoms with E-state index < -0.39 is 30.1 Å². The minimum absolute atomic E-state index is 0.0233. The van der Waals surface area contributed by atoms with Crippen molar-refractivity contribution in [2.45, 2.75) is 56.9 Å². The zero-order chi connectivity index (χ0) is 36.7. The number of hydrogen-bond donors (Lipinski definition) is 6. The molecule has 0 bridgehead atoms. The smallest absolute Gasteiger partial charge is 0.490 e. The number of carbonyl (C=O) groups is 4. The number of aliphatic carboxylic acids is 1. The summed E-state index contributed by atoms with van der Waals surface area (Å²) in [6.45, 7) is 3.60. The maximum absolute atomic E-state index is 13.8. The molecule has 3 aromatic carbocycles. The van der Waals surface area contributed by atoms with Gasteiger partial charge < -0.3 is 36.4 Å². The Morgan fingerprint density at radius 1 is 0.860 bits per heavy atom. The molecule has 2 atom stereocenters. The highest BCUT2D eigenvalue weighted by atomic mass is 19.4. The van der Waals surface area contributed by atoms with Crippen LogP contribution in [0.2, 0.25) is 0 Å². The van der Waals surface area contributed by atoms with E-state index in [9.17, 15) is 27.6 Å². The van der Waals surface area contributed by atoms with Crippen molar-refractivity contribution in [2.24, 2.45) is 5.73 Å². The number of carboxylic acid groups (broad SMARTS) is 1. The molecular formula is C35H41F3N6O6. The average molecular weight is 699 g/mol. The highest BCUT2D eigenvalue weighted by molar-refractivity contribution is 5.98. The molecule has 0 radical (unpaired) electrons. The molecule has 50 heavy (non-hydrogen) atoms. The van der Waals surface area contributed by atoms with Crippen molar-refractivity contribution >= 4 is 29.7 Å². The first-order valence-electron chi connectivity index (χ1n) is 15.9. The van der Waals surface area contributed by atoms with E-state index in [1.165, 1.54) is 0 Å². The van der Waals surface area contributed by atoms with Crippen LogP contribution in [0.5, 0.6) is 5.75 Å². The van der Waals surface area contributed by atoms with Gasteiger partial charge in [-0.2, -0.15) is 13.2 Å². The van der Waals surface area contributed by atoms with Gasteiger partial charge in [-0.1, -0.05) is 60.7 Å². The number of hydrogen-bond acceptors (Lipinski definition) is 6. The van der Waals surface area contributed by atoms with Gasteiger partial charge in [0.15, 0.2) is 5.96 Å². The Balaban J connectivity index is 0.000000872. The van der Waals surface area contributed by atoms with Gasteiger partial charge in [0.1, 0.15) is 17.8 Å². The van der Waals surface area contributed by atoms with Crippen molar-refractivity contribution in [3.05, 3.63) is 102 Å². The van der Waals surface area contributed by atoms with E-state index in [2.05, 4.69) is 16.0 Å². The number of nitrogens with zero attached hydrogens (tertiary/aromatic N) is 1. The van der Waals surface area contributed by atoms with Gasteiger partial charge >= 0.3 is 12.1 Å². The Kier molecular flexibility index (Phi) is 14.6. The van der Waals surface area contributed by atoms with Crippen LogP contribution < -0.4 is 26.4 Å². The largest absolute Gasteiger partial charge is 0.494 e. The fourth-order valence-electron chi connectivity index (χ4n) is 5.06. The summed E-state index contributed by atoms with van der Waals surface area (Å²) < 4.78 is 37.3. The van der Waals surface area contributed by atoms with Crippen LogP contribution in [0.3, 0.4) is 0 Å². The SMILES string of the molecule is CCOc1ccc(CC(NC(=O)c2ccccc2)C(=O)N[C@H](Cc2ccccc2)C(=O)NC2CCN(C(=N)N)CC2)cc1.O=C(O)C(F)(F)F. The zero-order valence-electron chi connectivity index (χ0n) is 27.4. The lowest BCUT2D eigenvalue weighted by Gasteiger charge is -2.33. The van der Waals surface area contributed by atoms with Gasteiger partial charge in [0, 0.05) is 37.5 Å². The first-order valence-corrected chi connectivity index (χ1v) is 15.9. The van der Waals surface area contributed by atoms with Crippen LogP contribution in [0, 0.1) is 5.41 Å². The molecule has 1 aliphatic rings. The van der Waals surface area contributed by atoms with E-state index in [-0.39, 0.29) is 36.7 Å². The number of carboxylic acids is 1. The van der Waals surface area contributed by atoms with E-state index >= 15 is 0 Å². The molecule has 1 saturated heterocycles. The number of likely N-dealkylation sites (tertiary alicyclic amines) is 1. The Labute approximate surface area is 287 Å². The second-order valence-corrected chi connectivity index (χ2v) is 11.4. The lowest BCUT2D eigenvalue weighted by atomic mass is 10.0. The topological polar surface area (TPSA) is 187 Å². The summed E-state index contributed by atoms with van der Waals surface area (Å²) in [6.07, 6.45) is -3.29. The summed E-state index contributed by atoms with van der Waals surface area (Å²) >= 11 is 0. The summed E-state index contributed by atoms with van der Waals surface area (Å²) in [5.41, 5.74) is 7.78. The minimum atomic E-state index is -5.08. The Hall–Kier alpha value is -5.60. The van der Waals surface area contributed by atoms with Crippen LogP contribution in [0.15, 0.2) is 84.9 Å². The van der Waals surface area contributed by atoms with Gasteiger partial charge in [-0.25, -0.2) is 4.79 Å². The van der Waals surface area contributed by atoms with E-state index in [1.807, 2.05) is 67.6 Å². The summed E-state index contributed by atoms with van der Waals surface area (Å²) in [6, 6.07) is 23.7. The van der Waals surface area contributed by atoms with Crippen LogP contribution in [0.25, 0.3) is 0 Å². The summed E-state index contributed by atoms with van der Waals surface area (Å²) in [4.78, 5) is 51.2.